The molecular weight excluding hydrogens is 346 g/mol. The van der Waals surface area contributed by atoms with Gasteiger partial charge in [0.1, 0.15) is 18.3 Å². The molecule has 0 bridgehead atoms. The van der Waals surface area contributed by atoms with Crippen molar-refractivity contribution in [3.8, 4) is 5.75 Å². The standard InChI is InChI=1S/C21H23NO5/c1-15(26-14-16-9-5-3-6-10-16)19-20(27-17-11-7-4-8-12-17)21(24)22(19)13-18(23)25-2/h3-12,15,19-20H,13-14H2,1-2H3/t15-,19-,20-/m0/s1. The van der Waals surface area contributed by atoms with Crippen LogP contribution in [0.1, 0.15) is 12.5 Å². The first kappa shape index (κ1) is 18.9. The van der Waals surface area contributed by atoms with Crippen LogP contribution in [0.3, 0.4) is 0 Å². The van der Waals surface area contributed by atoms with E-state index in [4.69, 9.17) is 14.2 Å². The van der Waals surface area contributed by atoms with Crippen LogP contribution in [0.5, 0.6) is 5.75 Å². The SMILES string of the molecule is COC(=O)CN1C(=O)[C@@H](Oc2ccccc2)[C@@H]1[C@H](C)OCc1ccccc1. The van der Waals surface area contributed by atoms with Crippen LogP contribution < -0.4 is 4.74 Å². The number of amides is 1. The predicted molar refractivity (Wildman–Crippen MR) is 99.1 cm³/mol. The van der Waals surface area contributed by atoms with E-state index in [9.17, 15) is 9.59 Å². The lowest BCUT2D eigenvalue weighted by Crippen LogP contribution is -2.71. The molecule has 0 aromatic heterocycles. The Bertz CT molecular complexity index is 765. The van der Waals surface area contributed by atoms with Crippen LogP contribution in [0, 0.1) is 0 Å². The van der Waals surface area contributed by atoms with Gasteiger partial charge in [0, 0.05) is 0 Å². The molecule has 1 heterocycles. The number of esters is 1. The normalized spacial score (nSPS) is 19.9. The van der Waals surface area contributed by atoms with E-state index >= 15 is 0 Å². The van der Waals surface area contributed by atoms with E-state index in [1.165, 1.54) is 12.0 Å². The van der Waals surface area contributed by atoms with Gasteiger partial charge in [0.15, 0.2) is 6.10 Å². The number of para-hydroxylation sites is 1. The van der Waals surface area contributed by atoms with Gasteiger partial charge in [0.2, 0.25) is 0 Å². The van der Waals surface area contributed by atoms with Gasteiger partial charge < -0.3 is 19.1 Å². The smallest absolute Gasteiger partial charge is 0.325 e. The highest BCUT2D eigenvalue weighted by atomic mass is 16.5. The number of carbonyl (C=O) groups is 2. The molecule has 0 saturated carbocycles. The maximum atomic E-state index is 12.5. The van der Waals surface area contributed by atoms with Gasteiger partial charge >= 0.3 is 5.97 Å². The molecule has 27 heavy (non-hydrogen) atoms. The number of methoxy groups -OCH3 is 1. The monoisotopic (exact) mass is 369 g/mol. The first-order valence-corrected chi connectivity index (χ1v) is 8.84. The molecule has 2 aromatic rings. The van der Waals surface area contributed by atoms with Crippen molar-refractivity contribution in [3.63, 3.8) is 0 Å². The van der Waals surface area contributed by atoms with Crippen molar-refractivity contribution in [2.24, 2.45) is 0 Å². The van der Waals surface area contributed by atoms with Crippen LogP contribution in [-0.4, -0.2) is 48.7 Å². The second-order valence-electron chi connectivity index (χ2n) is 6.39. The van der Waals surface area contributed by atoms with Gasteiger partial charge in [0.25, 0.3) is 5.91 Å². The highest BCUT2D eigenvalue weighted by Crippen LogP contribution is 2.29. The molecule has 0 unspecified atom stereocenters. The zero-order valence-electron chi connectivity index (χ0n) is 15.4. The van der Waals surface area contributed by atoms with Gasteiger partial charge in [-0.15, -0.1) is 0 Å². The minimum absolute atomic E-state index is 0.117. The summed E-state index contributed by atoms with van der Waals surface area (Å²) in [4.78, 5) is 25.7. The Morgan fingerprint density at radius 2 is 1.70 bits per heavy atom. The summed E-state index contributed by atoms with van der Waals surface area (Å²) in [5.74, 6) is -0.111. The number of carbonyl (C=O) groups excluding carboxylic acids is 2. The summed E-state index contributed by atoms with van der Waals surface area (Å²) < 4.78 is 16.5. The maximum absolute atomic E-state index is 12.5. The number of hydrogen-bond acceptors (Lipinski definition) is 5. The number of ether oxygens (including phenoxy) is 3. The van der Waals surface area contributed by atoms with Gasteiger partial charge in [-0.25, -0.2) is 0 Å². The summed E-state index contributed by atoms with van der Waals surface area (Å²) in [6.07, 6.45) is -1.01. The minimum Gasteiger partial charge on any atom is -0.478 e. The summed E-state index contributed by atoms with van der Waals surface area (Å²) >= 11 is 0. The van der Waals surface area contributed by atoms with E-state index in [0.717, 1.165) is 5.56 Å². The zero-order chi connectivity index (χ0) is 19.2. The van der Waals surface area contributed by atoms with E-state index in [0.29, 0.717) is 12.4 Å². The molecule has 1 fully saturated rings. The van der Waals surface area contributed by atoms with Crippen LogP contribution in [0.15, 0.2) is 60.7 Å². The van der Waals surface area contributed by atoms with E-state index in [-0.39, 0.29) is 24.6 Å². The maximum Gasteiger partial charge on any atom is 0.325 e. The number of hydrogen-bond donors (Lipinski definition) is 0. The molecule has 3 atom stereocenters. The molecule has 2 aromatic carbocycles. The quantitative estimate of drug-likeness (QED) is 0.528. The fraction of sp³-hybridized carbons (Fsp3) is 0.333. The largest absolute Gasteiger partial charge is 0.478 e. The Morgan fingerprint density at radius 1 is 1.07 bits per heavy atom. The third-order valence-corrected chi connectivity index (χ3v) is 4.57. The van der Waals surface area contributed by atoms with Gasteiger partial charge in [-0.05, 0) is 24.6 Å². The van der Waals surface area contributed by atoms with Crippen molar-refractivity contribution in [2.75, 3.05) is 13.7 Å². The fourth-order valence-corrected chi connectivity index (χ4v) is 3.09. The lowest BCUT2D eigenvalue weighted by Gasteiger charge is -2.48. The molecule has 1 amide bonds. The van der Waals surface area contributed by atoms with E-state index in [1.54, 1.807) is 12.1 Å². The summed E-state index contributed by atoms with van der Waals surface area (Å²) in [5, 5.41) is 0. The molecule has 1 aliphatic rings. The number of likely N-dealkylation sites (tertiary alicyclic amines) is 1. The van der Waals surface area contributed by atoms with E-state index in [2.05, 4.69) is 0 Å². The topological polar surface area (TPSA) is 65.1 Å². The molecule has 0 radical (unpaired) electrons. The Labute approximate surface area is 158 Å². The molecule has 0 N–H and O–H groups in total. The number of β-lactam (4-membered cyclic amide) rings is 1. The highest BCUT2D eigenvalue weighted by Gasteiger charge is 2.53. The first-order chi connectivity index (χ1) is 13.1. The summed E-state index contributed by atoms with van der Waals surface area (Å²) in [5.41, 5.74) is 1.04. The molecule has 1 aliphatic heterocycles. The molecule has 0 spiro atoms. The number of benzene rings is 2. The summed E-state index contributed by atoms with van der Waals surface area (Å²) in [6, 6.07) is 18.6. The predicted octanol–water partition coefficient (Wildman–Crippen LogP) is 2.42. The van der Waals surface area contributed by atoms with Crippen LogP contribution in [0.25, 0.3) is 0 Å². The first-order valence-electron chi connectivity index (χ1n) is 8.84. The second kappa shape index (κ2) is 8.68. The Hall–Kier alpha value is -2.86. The molecular formula is C21H23NO5. The average Bonchev–Trinajstić information content (AvgIpc) is 2.72. The van der Waals surface area contributed by atoms with Crippen molar-refractivity contribution in [1.29, 1.82) is 0 Å². The average molecular weight is 369 g/mol. The summed E-state index contributed by atoms with van der Waals surface area (Å²) in [6.45, 7) is 2.18. The van der Waals surface area contributed by atoms with Crippen molar-refractivity contribution >= 4 is 11.9 Å². The molecule has 0 aliphatic carbocycles. The molecule has 142 valence electrons. The minimum atomic E-state index is -0.692. The van der Waals surface area contributed by atoms with Crippen LogP contribution in [0.2, 0.25) is 0 Å². The van der Waals surface area contributed by atoms with Crippen LogP contribution in [0.4, 0.5) is 0 Å². The number of nitrogens with zero attached hydrogens (tertiary/aromatic N) is 1. The van der Waals surface area contributed by atoms with Crippen molar-refractivity contribution in [1.82, 2.24) is 4.90 Å². The molecule has 6 heteroatoms. The Morgan fingerprint density at radius 3 is 2.33 bits per heavy atom. The van der Waals surface area contributed by atoms with E-state index < -0.39 is 12.1 Å². The van der Waals surface area contributed by atoms with Crippen molar-refractivity contribution < 1.29 is 23.8 Å². The third kappa shape index (κ3) is 4.46. The summed E-state index contributed by atoms with van der Waals surface area (Å²) in [7, 11) is 1.30. The van der Waals surface area contributed by atoms with Gasteiger partial charge in [-0.1, -0.05) is 48.5 Å². The molecule has 6 nitrogen and oxygen atoms in total. The van der Waals surface area contributed by atoms with Gasteiger partial charge in [-0.3, -0.25) is 9.59 Å². The highest BCUT2D eigenvalue weighted by molar-refractivity contribution is 5.92. The van der Waals surface area contributed by atoms with Gasteiger partial charge in [-0.2, -0.15) is 0 Å². The van der Waals surface area contributed by atoms with Crippen LogP contribution >= 0.6 is 0 Å². The fourth-order valence-electron chi connectivity index (χ4n) is 3.09. The lowest BCUT2D eigenvalue weighted by atomic mass is 9.93. The molecule has 3 rings (SSSR count). The lowest BCUT2D eigenvalue weighted by molar-refractivity contribution is -0.180. The second-order valence-corrected chi connectivity index (χ2v) is 6.39. The molecule has 1 saturated heterocycles. The van der Waals surface area contributed by atoms with Crippen molar-refractivity contribution in [2.45, 2.75) is 31.8 Å². The Balaban J connectivity index is 1.70. The number of rotatable bonds is 8. The zero-order valence-corrected chi connectivity index (χ0v) is 15.4. The van der Waals surface area contributed by atoms with Gasteiger partial charge in [0.05, 0.1) is 19.8 Å². The van der Waals surface area contributed by atoms with E-state index in [1.807, 2.05) is 55.5 Å². The van der Waals surface area contributed by atoms with Crippen LogP contribution in [-0.2, 0) is 25.7 Å². The third-order valence-electron chi connectivity index (χ3n) is 4.57. The Kier molecular flexibility index (Phi) is 6.08. The van der Waals surface area contributed by atoms with Crippen molar-refractivity contribution in [3.05, 3.63) is 66.2 Å².